The van der Waals surface area contributed by atoms with E-state index in [9.17, 15) is 9.59 Å². The molecular weight excluding hydrogens is 266 g/mol. The minimum absolute atomic E-state index is 0.251. The maximum atomic E-state index is 12.4. The Morgan fingerprint density at radius 3 is 2.52 bits per heavy atom. The van der Waals surface area contributed by atoms with Gasteiger partial charge in [0.1, 0.15) is 0 Å². The zero-order valence-corrected chi connectivity index (χ0v) is 12.5. The lowest BCUT2D eigenvalue weighted by Crippen LogP contribution is -2.92. The zero-order valence-electron chi connectivity index (χ0n) is 12.5. The molecule has 0 aliphatic heterocycles. The van der Waals surface area contributed by atoms with E-state index in [2.05, 4.69) is 16.0 Å². The first-order valence-electron chi connectivity index (χ1n) is 7.69. The Balaban J connectivity index is 2.07. The summed E-state index contributed by atoms with van der Waals surface area (Å²) in [6.07, 6.45) is 4.72. The van der Waals surface area contributed by atoms with Gasteiger partial charge in [0.15, 0.2) is 6.04 Å². The van der Waals surface area contributed by atoms with Gasteiger partial charge in [0.2, 0.25) is 0 Å². The third-order valence-corrected chi connectivity index (χ3v) is 3.88. The first kappa shape index (κ1) is 15.5. The Morgan fingerprint density at radius 2 is 1.90 bits per heavy atom. The molecule has 1 aromatic rings. The highest BCUT2D eigenvalue weighted by Crippen LogP contribution is 2.17. The highest BCUT2D eigenvalue weighted by Gasteiger charge is 2.30. The van der Waals surface area contributed by atoms with E-state index in [4.69, 9.17) is 0 Å². The molecule has 1 aliphatic carbocycles. The van der Waals surface area contributed by atoms with Gasteiger partial charge in [-0.15, -0.1) is 0 Å². The van der Waals surface area contributed by atoms with Gasteiger partial charge in [0.25, 0.3) is 5.91 Å². The minimum Gasteiger partial charge on any atom is -0.338 e. The molecule has 3 amide bonds. The highest BCUT2D eigenvalue weighted by molar-refractivity contribution is 5.96. The van der Waals surface area contributed by atoms with Crippen molar-refractivity contribution in [2.24, 2.45) is 0 Å². The molecule has 0 heterocycles. The summed E-state index contributed by atoms with van der Waals surface area (Å²) >= 11 is 0. The molecule has 0 radical (unpaired) electrons. The smallest absolute Gasteiger partial charge is 0.321 e. The van der Waals surface area contributed by atoms with Crippen molar-refractivity contribution in [3.8, 4) is 0 Å². The number of carbonyl (C=O) groups is 2. The summed E-state index contributed by atoms with van der Waals surface area (Å²) in [4.78, 5) is 24.0. The molecule has 5 heteroatoms. The van der Waals surface area contributed by atoms with E-state index in [1.165, 1.54) is 12.8 Å². The molecule has 0 unspecified atom stereocenters. The number of imide groups is 1. The van der Waals surface area contributed by atoms with Crippen LogP contribution in [-0.2, 0) is 4.79 Å². The van der Waals surface area contributed by atoms with Gasteiger partial charge in [0, 0.05) is 12.1 Å². The number of urea groups is 1. The van der Waals surface area contributed by atoms with Crippen LogP contribution in [0.15, 0.2) is 30.3 Å². The Bertz CT molecular complexity index is 470. The third kappa shape index (κ3) is 4.56. The topological polar surface area (TPSA) is 74.8 Å². The summed E-state index contributed by atoms with van der Waals surface area (Å²) < 4.78 is 0. The molecule has 114 valence electrons. The van der Waals surface area contributed by atoms with Crippen LogP contribution in [-0.4, -0.2) is 24.5 Å². The number of nitrogens with two attached hydrogens (primary N) is 1. The molecule has 1 aromatic carbocycles. The molecule has 21 heavy (non-hydrogen) atoms. The highest BCUT2D eigenvalue weighted by atomic mass is 16.2. The first-order valence-corrected chi connectivity index (χ1v) is 7.69. The molecule has 0 saturated heterocycles. The van der Waals surface area contributed by atoms with Gasteiger partial charge in [-0.05, 0) is 32.6 Å². The Hall–Kier alpha value is -1.88. The maximum absolute atomic E-state index is 12.4. The number of nitrogens with one attached hydrogen (secondary N) is 2. The lowest BCUT2D eigenvalue weighted by Gasteiger charge is -2.19. The van der Waals surface area contributed by atoms with Gasteiger partial charge in [0.05, 0.1) is 6.04 Å². The summed E-state index contributed by atoms with van der Waals surface area (Å²) in [5.41, 5.74) is 0.936. The van der Waals surface area contributed by atoms with Crippen LogP contribution in [0.3, 0.4) is 0 Å². The molecule has 1 fully saturated rings. The average Bonchev–Trinajstić information content (AvgIpc) is 2.99. The molecule has 0 bridgehead atoms. The summed E-state index contributed by atoms with van der Waals surface area (Å²) in [5, 5.41) is 7.13. The van der Waals surface area contributed by atoms with Crippen LogP contribution in [0.4, 0.5) is 4.79 Å². The largest absolute Gasteiger partial charge is 0.338 e. The van der Waals surface area contributed by atoms with Crippen molar-refractivity contribution in [2.75, 3.05) is 6.54 Å². The van der Waals surface area contributed by atoms with Crippen LogP contribution < -0.4 is 16.0 Å². The van der Waals surface area contributed by atoms with Gasteiger partial charge in [-0.25, -0.2) is 4.79 Å². The fourth-order valence-electron chi connectivity index (χ4n) is 2.83. The molecule has 0 aromatic heterocycles. The molecule has 2 rings (SSSR count). The number of hydrogen-bond donors (Lipinski definition) is 3. The van der Waals surface area contributed by atoms with Crippen molar-refractivity contribution in [1.29, 1.82) is 0 Å². The van der Waals surface area contributed by atoms with Gasteiger partial charge in [-0.2, -0.15) is 0 Å². The Morgan fingerprint density at radius 1 is 1.24 bits per heavy atom. The fraction of sp³-hybridized carbons (Fsp3) is 0.500. The molecule has 1 saturated carbocycles. The van der Waals surface area contributed by atoms with Crippen LogP contribution >= 0.6 is 0 Å². The van der Waals surface area contributed by atoms with E-state index < -0.39 is 6.03 Å². The van der Waals surface area contributed by atoms with E-state index >= 15 is 0 Å². The van der Waals surface area contributed by atoms with Crippen LogP contribution in [0.2, 0.25) is 0 Å². The zero-order chi connectivity index (χ0) is 15.1. The quantitative estimate of drug-likeness (QED) is 0.759. The van der Waals surface area contributed by atoms with Crippen LogP contribution in [0.1, 0.15) is 44.2 Å². The summed E-state index contributed by atoms with van der Waals surface area (Å²) in [6, 6.07) is 9.32. The van der Waals surface area contributed by atoms with E-state index in [1.54, 1.807) is 0 Å². The predicted octanol–water partition coefficient (Wildman–Crippen LogP) is 1.08. The second kappa shape index (κ2) is 7.78. The minimum atomic E-state index is -0.428. The number of amides is 3. The van der Waals surface area contributed by atoms with Crippen LogP contribution in [0.5, 0.6) is 0 Å². The fourth-order valence-corrected chi connectivity index (χ4v) is 2.83. The number of hydrogen-bond acceptors (Lipinski definition) is 2. The van der Waals surface area contributed by atoms with Crippen molar-refractivity contribution in [2.45, 2.75) is 44.7 Å². The Kier molecular flexibility index (Phi) is 5.75. The summed E-state index contributed by atoms with van der Waals surface area (Å²) in [6.45, 7) is 2.32. The predicted molar refractivity (Wildman–Crippen MR) is 80.6 cm³/mol. The van der Waals surface area contributed by atoms with Crippen LogP contribution in [0, 0.1) is 0 Å². The average molecular weight is 290 g/mol. The molecule has 1 atom stereocenters. The number of quaternary nitrogens is 1. The lowest BCUT2D eigenvalue weighted by atomic mass is 10.0. The van der Waals surface area contributed by atoms with E-state index in [-0.39, 0.29) is 11.9 Å². The molecule has 5 nitrogen and oxygen atoms in total. The van der Waals surface area contributed by atoms with Gasteiger partial charge in [-0.1, -0.05) is 30.3 Å². The van der Waals surface area contributed by atoms with Crippen molar-refractivity contribution < 1.29 is 14.9 Å². The summed E-state index contributed by atoms with van der Waals surface area (Å²) in [5.74, 6) is -0.251. The molecule has 1 aliphatic rings. The number of carbonyl (C=O) groups excluding carboxylic acids is 2. The second-order valence-electron chi connectivity index (χ2n) is 5.47. The molecule has 4 N–H and O–H groups in total. The Labute approximate surface area is 125 Å². The van der Waals surface area contributed by atoms with Crippen molar-refractivity contribution in [3.05, 3.63) is 35.9 Å². The van der Waals surface area contributed by atoms with Gasteiger partial charge >= 0.3 is 6.03 Å². The van der Waals surface area contributed by atoms with Gasteiger partial charge < -0.3 is 10.6 Å². The normalized spacial score (nSPS) is 16.4. The SMILES string of the molecule is CCNC(=O)NC(=O)[C@@H]([NH2+]C1CCCC1)c1ccccc1. The molecule has 0 spiro atoms. The first-order chi connectivity index (χ1) is 10.2. The van der Waals surface area contributed by atoms with Crippen molar-refractivity contribution >= 4 is 11.9 Å². The maximum Gasteiger partial charge on any atom is 0.321 e. The third-order valence-electron chi connectivity index (χ3n) is 3.88. The monoisotopic (exact) mass is 290 g/mol. The molecular formula is C16H24N3O2+. The van der Waals surface area contributed by atoms with Crippen molar-refractivity contribution in [1.82, 2.24) is 10.6 Å². The van der Waals surface area contributed by atoms with E-state index in [0.29, 0.717) is 12.6 Å². The van der Waals surface area contributed by atoms with Crippen LogP contribution in [0.25, 0.3) is 0 Å². The number of benzene rings is 1. The summed E-state index contributed by atoms with van der Waals surface area (Å²) in [7, 11) is 0. The van der Waals surface area contributed by atoms with Crippen molar-refractivity contribution in [3.63, 3.8) is 0 Å². The van der Waals surface area contributed by atoms with Gasteiger partial charge in [-0.3, -0.25) is 10.1 Å². The van der Waals surface area contributed by atoms with E-state index in [1.807, 2.05) is 37.3 Å². The standard InChI is InChI=1S/C16H23N3O2/c1-2-17-16(21)19-15(20)14(12-8-4-3-5-9-12)18-13-10-6-7-11-13/h3-5,8-9,13-14,18H,2,6-7,10-11H2,1H3,(H2,17,19,20,21)/p+1/t14-/m0/s1. The van der Waals surface area contributed by atoms with E-state index in [0.717, 1.165) is 18.4 Å². The second-order valence-corrected chi connectivity index (χ2v) is 5.47. The number of rotatable bonds is 5. The lowest BCUT2D eigenvalue weighted by molar-refractivity contribution is -0.714.